The lowest BCUT2D eigenvalue weighted by Gasteiger charge is -2.38. The Morgan fingerprint density at radius 1 is 0.923 bits per heavy atom. The fourth-order valence-electron chi connectivity index (χ4n) is 2.20. The highest BCUT2D eigenvalue weighted by Crippen LogP contribution is 2.26. The van der Waals surface area contributed by atoms with Gasteiger partial charge in [-0.15, -0.1) is 0 Å². The third-order valence-electron chi connectivity index (χ3n) is 3.05. The highest BCUT2D eigenvalue weighted by molar-refractivity contribution is 6.79. The molecule has 0 bridgehead atoms. The maximum absolute atomic E-state index is 11.5. The van der Waals surface area contributed by atoms with Crippen molar-refractivity contribution in [3.63, 3.8) is 0 Å². The lowest BCUT2D eigenvalue weighted by atomic mass is 10.4. The van der Waals surface area contributed by atoms with Crippen molar-refractivity contribution >= 4 is 23.3 Å². The van der Waals surface area contributed by atoms with Crippen molar-refractivity contribution in [1.29, 1.82) is 0 Å². The van der Waals surface area contributed by atoms with Crippen LogP contribution in [0.15, 0.2) is 12.2 Å². The summed E-state index contributed by atoms with van der Waals surface area (Å²) in [6.45, 7) is 21.5. The summed E-state index contributed by atoms with van der Waals surface area (Å²) in [6, 6.07) is 0.801. The van der Waals surface area contributed by atoms with Crippen LogP contribution in [-0.4, -0.2) is 48.3 Å². The fraction of sp³-hybridized carbons (Fsp3) is 0.833. The molecule has 0 aromatic carbocycles. The number of carbonyl (C=O) groups is 1. The molecule has 0 radical (unpaired) electrons. The molecule has 6 nitrogen and oxygen atoms in total. The summed E-state index contributed by atoms with van der Waals surface area (Å²) in [5, 5.41) is 0. The summed E-state index contributed by atoms with van der Waals surface area (Å²) in [5.74, 6) is -0.358. The fourth-order valence-corrected chi connectivity index (χ4v) is 8.78. The van der Waals surface area contributed by atoms with Crippen molar-refractivity contribution in [2.24, 2.45) is 0 Å². The highest BCUT2D eigenvalue weighted by Gasteiger charge is 2.52. The minimum Gasteiger partial charge on any atom is -0.462 e. The lowest BCUT2D eigenvalue weighted by Crippen LogP contribution is -2.58. The molecule has 154 valence electrons. The first kappa shape index (κ1) is 25.5. The zero-order chi connectivity index (χ0) is 20.5. The Morgan fingerprint density at radius 3 is 1.69 bits per heavy atom. The number of ether oxygens (including phenoxy) is 1. The number of esters is 1. The normalized spacial score (nSPS) is 12.9. The van der Waals surface area contributed by atoms with Gasteiger partial charge in [0.05, 0.1) is 6.61 Å². The molecule has 0 unspecified atom stereocenters. The van der Waals surface area contributed by atoms with Gasteiger partial charge >= 0.3 is 15.0 Å². The molecule has 0 amide bonds. The van der Waals surface area contributed by atoms with Crippen LogP contribution in [0, 0.1) is 0 Å². The van der Waals surface area contributed by atoms with E-state index in [4.69, 9.17) is 22.1 Å². The van der Waals surface area contributed by atoms with Gasteiger partial charge in [0.2, 0.25) is 0 Å². The Labute approximate surface area is 161 Å². The van der Waals surface area contributed by atoms with Crippen molar-refractivity contribution in [2.75, 3.05) is 6.61 Å². The van der Waals surface area contributed by atoms with Crippen LogP contribution >= 0.6 is 0 Å². The Kier molecular flexibility index (Phi) is 11.1. The third kappa shape index (κ3) is 11.3. The predicted octanol–water partition coefficient (Wildman–Crippen LogP) is 4.43. The van der Waals surface area contributed by atoms with E-state index in [1.807, 2.05) is 41.5 Å². The summed E-state index contributed by atoms with van der Waals surface area (Å²) >= 11 is 0. The number of hydrogen-bond acceptors (Lipinski definition) is 6. The summed E-state index contributed by atoms with van der Waals surface area (Å²) in [6.07, 6.45) is 0.509. The average molecular weight is 407 g/mol. The molecule has 0 aliphatic carbocycles. The van der Waals surface area contributed by atoms with Crippen molar-refractivity contribution in [3.8, 4) is 0 Å². The summed E-state index contributed by atoms with van der Waals surface area (Å²) in [4.78, 5) is 11.5. The Bertz CT molecular complexity index is 422. The molecule has 0 heterocycles. The monoisotopic (exact) mass is 406 g/mol. The van der Waals surface area contributed by atoms with E-state index in [1.165, 1.54) is 0 Å². The number of rotatable bonds is 13. The highest BCUT2D eigenvalue weighted by atomic mass is 28.5. The minimum absolute atomic E-state index is 0.0690. The van der Waals surface area contributed by atoms with Crippen LogP contribution in [0.1, 0.15) is 54.9 Å². The van der Waals surface area contributed by atoms with Gasteiger partial charge in [0, 0.05) is 23.9 Å². The van der Waals surface area contributed by atoms with Gasteiger partial charge in [-0.2, -0.15) is 0 Å². The van der Waals surface area contributed by atoms with Crippen LogP contribution in [-0.2, 0) is 26.9 Å². The maximum atomic E-state index is 11.5. The Balaban J connectivity index is 5.01. The standard InChI is InChI=1S/C18H38O6Si2/c1-14(2)18(19)20-12-11-13-25(9,10)24-26(21-15(3)4,22-16(5)6)23-17(7)8/h15-17H,1,11-13H2,2-10H3. The van der Waals surface area contributed by atoms with E-state index < -0.39 is 17.4 Å². The molecule has 0 atom stereocenters. The SMILES string of the molecule is C=C(C)C(=O)OCCC[Si](C)(C)O[Si](OC(C)C)(OC(C)C)OC(C)C. The largest absolute Gasteiger partial charge is 0.669 e. The van der Waals surface area contributed by atoms with E-state index in [-0.39, 0.29) is 24.3 Å². The van der Waals surface area contributed by atoms with Crippen LogP contribution < -0.4 is 0 Å². The molecular weight excluding hydrogens is 368 g/mol. The molecule has 0 rings (SSSR count). The van der Waals surface area contributed by atoms with Gasteiger partial charge < -0.3 is 22.1 Å². The van der Waals surface area contributed by atoms with Crippen LogP contribution in [0.25, 0.3) is 0 Å². The summed E-state index contributed by atoms with van der Waals surface area (Å²) < 4.78 is 29.9. The van der Waals surface area contributed by atoms with Gasteiger partial charge in [0.1, 0.15) is 0 Å². The van der Waals surface area contributed by atoms with Crippen LogP contribution in [0.4, 0.5) is 0 Å². The minimum atomic E-state index is -3.28. The van der Waals surface area contributed by atoms with Gasteiger partial charge in [0.25, 0.3) is 0 Å². The molecule has 8 heteroatoms. The van der Waals surface area contributed by atoms with Crippen LogP contribution in [0.5, 0.6) is 0 Å². The molecule has 0 spiro atoms. The van der Waals surface area contributed by atoms with Gasteiger partial charge in [0.15, 0.2) is 8.32 Å². The topological polar surface area (TPSA) is 63.2 Å². The quantitative estimate of drug-likeness (QED) is 0.195. The van der Waals surface area contributed by atoms with E-state index in [9.17, 15) is 4.79 Å². The molecule has 26 heavy (non-hydrogen) atoms. The molecule has 0 saturated heterocycles. The first-order valence-electron chi connectivity index (χ1n) is 9.35. The molecule has 0 aromatic rings. The van der Waals surface area contributed by atoms with Gasteiger partial charge in [-0.25, -0.2) is 4.79 Å². The van der Waals surface area contributed by atoms with Crippen molar-refractivity contribution in [2.45, 2.75) is 92.3 Å². The molecule has 0 fully saturated rings. The lowest BCUT2D eigenvalue weighted by molar-refractivity contribution is -0.138. The second-order valence-electron chi connectivity index (χ2n) is 7.88. The maximum Gasteiger partial charge on any atom is 0.669 e. The van der Waals surface area contributed by atoms with Crippen molar-refractivity contribution in [3.05, 3.63) is 12.2 Å². The van der Waals surface area contributed by atoms with Crippen LogP contribution in [0.3, 0.4) is 0 Å². The first-order chi connectivity index (χ1) is 11.8. The number of carbonyl (C=O) groups excluding carboxylic acids is 1. The van der Waals surface area contributed by atoms with Gasteiger partial charge in [-0.3, -0.25) is 0 Å². The van der Waals surface area contributed by atoms with Crippen molar-refractivity contribution in [1.82, 2.24) is 0 Å². The van der Waals surface area contributed by atoms with Crippen LogP contribution in [0.2, 0.25) is 19.1 Å². The van der Waals surface area contributed by atoms with Gasteiger partial charge in [-0.1, -0.05) is 6.58 Å². The second kappa shape index (κ2) is 11.4. The van der Waals surface area contributed by atoms with E-state index in [1.54, 1.807) is 6.92 Å². The summed E-state index contributed by atoms with van der Waals surface area (Å²) in [7, 11) is -5.45. The second-order valence-corrected chi connectivity index (χ2v) is 14.4. The van der Waals surface area contributed by atoms with E-state index in [0.29, 0.717) is 18.6 Å². The van der Waals surface area contributed by atoms with Gasteiger partial charge in [-0.05, 0) is 74.0 Å². The zero-order valence-corrected chi connectivity index (χ0v) is 20.0. The third-order valence-corrected chi connectivity index (χ3v) is 10.1. The van der Waals surface area contributed by atoms with E-state index in [2.05, 4.69) is 19.7 Å². The number of hydrogen-bond donors (Lipinski definition) is 0. The zero-order valence-electron chi connectivity index (χ0n) is 18.0. The summed E-state index contributed by atoms with van der Waals surface area (Å²) in [5.41, 5.74) is 0.408. The molecule has 0 N–H and O–H groups in total. The molecular formula is C18H38O6Si2. The van der Waals surface area contributed by atoms with E-state index in [0.717, 1.165) is 6.04 Å². The Morgan fingerprint density at radius 2 is 1.35 bits per heavy atom. The Hall–Kier alpha value is -0.516. The average Bonchev–Trinajstić information content (AvgIpc) is 2.39. The molecule has 0 aliphatic rings. The van der Waals surface area contributed by atoms with Crippen molar-refractivity contribution < 1.29 is 26.9 Å². The molecule has 0 aliphatic heterocycles. The predicted molar refractivity (Wildman–Crippen MR) is 108 cm³/mol. The molecule has 0 aromatic heterocycles. The first-order valence-corrected chi connectivity index (χ1v) is 14.1. The van der Waals surface area contributed by atoms with E-state index >= 15 is 0 Å². The smallest absolute Gasteiger partial charge is 0.462 e. The molecule has 0 saturated carbocycles.